The van der Waals surface area contributed by atoms with E-state index in [1.54, 1.807) is 24.4 Å². The van der Waals surface area contributed by atoms with Gasteiger partial charge in [-0.1, -0.05) is 30.0 Å². The van der Waals surface area contributed by atoms with E-state index in [4.69, 9.17) is 5.73 Å². The van der Waals surface area contributed by atoms with E-state index in [0.717, 1.165) is 35.2 Å². The smallest absolute Gasteiger partial charge is 0.195 e. The summed E-state index contributed by atoms with van der Waals surface area (Å²) < 4.78 is 3.99. The van der Waals surface area contributed by atoms with Crippen molar-refractivity contribution < 1.29 is 0 Å². The summed E-state index contributed by atoms with van der Waals surface area (Å²) in [4.78, 5) is 12.5. The number of thioether (sulfide) groups is 1. The van der Waals surface area contributed by atoms with E-state index in [1.165, 1.54) is 6.33 Å². The van der Waals surface area contributed by atoms with E-state index >= 15 is 0 Å². The number of nitrogens with two attached hydrogens (primary N) is 1. The number of nitrogen functional groups attached to an aromatic ring is 1. The second-order valence-electron chi connectivity index (χ2n) is 5.39. The third-order valence-electron chi connectivity index (χ3n) is 3.75. The molecule has 3 aromatic heterocycles. The van der Waals surface area contributed by atoms with Gasteiger partial charge in [0.15, 0.2) is 16.6 Å². The van der Waals surface area contributed by atoms with Crippen molar-refractivity contribution in [3.05, 3.63) is 49.3 Å². The van der Waals surface area contributed by atoms with Gasteiger partial charge in [0.25, 0.3) is 0 Å². The van der Waals surface area contributed by atoms with Crippen molar-refractivity contribution in [2.24, 2.45) is 0 Å². The first kappa shape index (κ1) is 15.6. The lowest BCUT2D eigenvalue weighted by atomic mass is 10.3. The number of nitrogens with zero attached hydrogens (tertiary/aromatic N) is 7. The molecular formula is C16H16N8S. The molecular weight excluding hydrogens is 336 g/mol. The van der Waals surface area contributed by atoms with E-state index in [-0.39, 0.29) is 0 Å². The number of hydrogen-bond donors (Lipinski definition) is 1. The quantitative estimate of drug-likeness (QED) is 0.419. The van der Waals surface area contributed by atoms with E-state index in [1.807, 2.05) is 39.5 Å². The Morgan fingerprint density at radius 2 is 1.92 bits per heavy atom. The van der Waals surface area contributed by atoms with Crippen molar-refractivity contribution in [3.8, 4) is 5.69 Å². The van der Waals surface area contributed by atoms with Gasteiger partial charge in [-0.15, -0.1) is 10.2 Å². The number of imidazole rings is 1. The van der Waals surface area contributed by atoms with Crippen molar-refractivity contribution in [2.75, 3.05) is 11.5 Å². The Bertz CT molecular complexity index is 978. The number of para-hydroxylation sites is 1. The highest BCUT2D eigenvalue weighted by Gasteiger charge is 2.09. The van der Waals surface area contributed by atoms with Crippen molar-refractivity contribution >= 4 is 28.7 Å². The molecule has 4 rings (SSSR count). The van der Waals surface area contributed by atoms with Crippen LogP contribution in [0.4, 0.5) is 5.82 Å². The summed E-state index contributed by atoms with van der Waals surface area (Å²) in [6.07, 6.45) is 5.90. The molecule has 0 saturated heterocycles. The highest BCUT2D eigenvalue weighted by Crippen LogP contribution is 2.21. The Kier molecular flexibility index (Phi) is 4.30. The maximum Gasteiger partial charge on any atom is 0.195 e. The summed E-state index contributed by atoms with van der Waals surface area (Å²) >= 11 is 1.68. The molecule has 0 bridgehead atoms. The highest BCUT2D eigenvalue weighted by molar-refractivity contribution is 7.99. The van der Waals surface area contributed by atoms with Gasteiger partial charge in [-0.3, -0.25) is 4.57 Å². The van der Waals surface area contributed by atoms with Gasteiger partial charge >= 0.3 is 0 Å². The molecule has 0 aliphatic heterocycles. The van der Waals surface area contributed by atoms with Crippen LogP contribution in [0.3, 0.4) is 0 Å². The fourth-order valence-electron chi connectivity index (χ4n) is 2.55. The molecule has 25 heavy (non-hydrogen) atoms. The Labute approximate surface area is 148 Å². The summed E-state index contributed by atoms with van der Waals surface area (Å²) in [6, 6.07) is 10.1. The van der Waals surface area contributed by atoms with Crippen molar-refractivity contribution in [2.45, 2.75) is 18.1 Å². The monoisotopic (exact) mass is 352 g/mol. The lowest BCUT2D eigenvalue weighted by Crippen LogP contribution is -2.01. The molecule has 126 valence electrons. The van der Waals surface area contributed by atoms with Crippen molar-refractivity contribution in [1.82, 2.24) is 34.3 Å². The van der Waals surface area contributed by atoms with Crippen LogP contribution in [0.15, 0.2) is 54.5 Å². The SMILES string of the molecule is Nc1ncnc2c1ncn2CCCSc1nncn1-c1ccccc1. The Balaban J connectivity index is 1.39. The number of aryl methyl sites for hydroxylation is 1. The van der Waals surface area contributed by atoms with Crippen molar-refractivity contribution in [3.63, 3.8) is 0 Å². The fraction of sp³-hybridized carbons (Fsp3) is 0.188. The molecule has 0 aliphatic carbocycles. The van der Waals surface area contributed by atoms with Crippen LogP contribution in [0, 0.1) is 0 Å². The zero-order chi connectivity index (χ0) is 17.1. The third-order valence-corrected chi connectivity index (χ3v) is 4.78. The van der Waals surface area contributed by atoms with Gasteiger partial charge in [0.1, 0.15) is 18.2 Å². The summed E-state index contributed by atoms with van der Waals surface area (Å²) in [5.41, 5.74) is 8.29. The number of benzene rings is 1. The van der Waals surface area contributed by atoms with E-state index in [0.29, 0.717) is 11.3 Å². The fourth-order valence-corrected chi connectivity index (χ4v) is 3.40. The second kappa shape index (κ2) is 6.89. The Morgan fingerprint density at radius 1 is 1.04 bits per heavy atom. The third kappa shape index (κ3) is 3.18. The largest absolute Gasteiger partial charge is 0.382 e. The Morgan fingerprint density at radius 3 is 2.80 bits per heavy atom. The zero-order valence-corrected chi connectivity index (χ0v) is 14.2. The van der Waals surface area contributed by atoms with Gasteiger partial charge < -0.3 is 10.3 Å². The van der Waals surface area contributed by atoms with Crippen LogP contribution in [0.1, 0.15) is 6.42 Å². The number of hydrogen-bond acceptors (Lipinski definition) is 7. The molecule has 2 N–H and O–H groups in total. The molecule has 3 heterocycles. The molecule has 0 radical (unpaired) electrons. The van der Waals surface area contributed by atoms with E-state index < -0.39 is 0 Å². The molecule has 0 aliphatic rings. The lowest BCUT2D eigenvalue weighted by molar-refractivity contribution is 0.695. The molecule has 0 amide bonds. The van der Waals surface area contributed by atoms with Crippen molar-refractivity contribution in [1.29, 1.82) is 0 Å². The lowest BCUT2D eigenvalue weighted by Gasteiger charge is -2.06. The standard InChI is InChI=1S/C16H16N8S/c17-14-13-15(19-9-18-14)23(10-20-13)7-4-8-25-16-22-21-11-24(16)12-5-2-1-3-6-12/h1-3,5-6,9-11H,4,7-8H2,(H2,17,18,19). The molecule has 8 nitrogen and oxygen atoms in total. The van der Waals surface area contributed by atoms with Crippen LogP contribution < -0.4 is 5.73 Å². The number of fused-ring (bicyclic) bond motifs is 1. The molecule has 0 atom stereocenters. The van der Waals surface area contributed by atoms with Crippen LogP contribution in [-0.4, -0.2) is 40.0 Å². The van der Waals surface area contributed by atoms with Crippen LogP contribution >= 0.6 is 11.8 Å². The first-order chi connectivity index (χ1) is 12.3. The van der Waals surface area contributed by atoms with Gasteiger partial charge in [-0.05, 0) is 18.6 Å². The minimum Gasteiger partial charge on any atom is -0.382 e. The number of anilines is 1. The minimum atomic E-state index is 0.411. The number of aromatic nitrogens is 7. The van der Waals surface area contributed by atoms with Crippen LogP contribution in [0.25, 0.3) is 16.9 Å². The maximum absolute atomic E-state index is 5.81. The molecule has 0 saturated carbocycles. The van der Waals surface area contributed by atoms with E-state index in [2.05, 4.69) is 25.1 Å². The second-order valence-corrected chi connectivity index (χ2v) is 6.45. The normalized spacial score (nSPS) is 11.2. The maximum atomic E-state index is 5.81. The van der Waals surface area contributed by atoms with Gasteiger partial charge in [0.2, 0.25) is 0 Å². The average molecular weight is 352 g/mol. The summed E-state index contributed by atoms with van der Waals surface area (Å²) in [6.45, 7) is 0.805. The molecule has 0 unspecified atom stereocenters. The van der Waals surface area contributed by atoms with Gasteiger partial charge in [-0.2, -0.15) is 0 Å². The van der Waals surface area contributed by atoms with Gasteiger partial charge in [0, 0.05) is 18.0 Å². The number of rotatable bonds is 6. The van der Waals surface area contributed by atoms with Crippen LogP contribution in [-0.2, 0) is 6.54 Å². The van der Waals surface area contributed by atoms with Crippen LogP contribution in [0.5, 0.6) is 0 Å². The molecule has 4 aromatic rings. The molecule has 9 heteroatoms. The average Bonchev–Trinajstić information content (AvgIpc) is 3.27. The highest BCUT2D eigenvalue weighted by atomic mass is 32.2. The first-order valence-electron chi connectivity index (χ1n) is 7.82. The summed E-state index contributed by atoms with van der Waals surface area (Å²) in [7, 11) is 0. The molecule has 1 aromatic carbocycles. The summed E-state index contributed by atoms with van der Waals surface area (Å²) in [5.74, 6) is 1.32. The molecule has 0 fully saturated rings. The topological polar surface area (TPSA) is 100 Å². The van der Waals surface area contributed by atoms with E-state index in [9.17, 15) is 0 Å². The van der Waals surface area contributed by atoms with Gasteiger partial charge in [-0.25, -0.2) is 15.0 Å². The predicted molar refractivity (Wildman–Crippen MR) is 96.4 cm³/mol. The first-order valence-corrected chi connectivity index (χ1v) is 8.81. The Hall–Kier alpha value is -2.94. The summed E-state index contributed by atoms with van der Waals surface area (Å²) in [5, 5.41) is 9.11. The minimum absolute atomic E-state index is 0.411. The predicted octanol–water partition coefficient (Wildman–Crippen LogP) is 2.17. The molecule has 0 spiro atoms. The zero-order valence-electron chi connectivity index (χ0n) is 13.4. The van der Waals surface area contributed by atoms with Crippen LogP contribution in [0.2, 0.25) is 0 Å². The van der Waals surface area contributed by atoms with Gasteiger partial charge in [0.05, 0.1) is 6.33 Å².